The summed E-state index contributed by atoms with van der Waals surface area (Å²) in [6.45, 7) is 0. The molecule has 0 atom stereocenters. The summed E-state index contributed by atoms with van der Waals surface area (Å²) in [4.78, 5) is 5.46. The van der Waals surface area contributed by atoms with Gasteiger partial charge in [0.2, 0.25) is 0 Å². The molecule has 0 spiro atoms. The molecule has 0 fully saturated rings. The van der Waals surface area contributed by atoms with Crippen LogP contribution in [0, 0.1) is 0 Å². The van der Waals surface area contributed by atoms with E-state index in [9.17, 15) is 0 Å². The van der Waals surface area contributed by atoms with Crippen molar-refractivity contribution < 1.29 is 0 Å². The van der Waals surface area contributed by atoms with E-state index in [2.05, 4.69) is 26.3 Å². The molecule has 0 unspecified atom stereocenters. The molecule has 0 bridgehead atoms. The van der Waals surface area contributed by atoms with Gasteiger partial charge in [0.05, 0.1) is 0 Å². The average Bonchev–Trinajstić information content (AvgIpc) is 2.32. The van der Waals surface area contributed by atoms with Crippen molar-refractivity contribution in [2.45, 2.75) is 9.92 Å². The molecule has 0 amide bonds. The van der Waals surface area contributed by atoms with Crippen molar-refractivity contribution in [3.63, 3.8) is 0 Å². The lowest BCUT2D eigenvalue weighted by Crippen LogP contribution is -2.08. The second-order valence-corrected chi connectivity index (χ2v) is 4.95. The van der Waals surface area contributed by atoms with Crippen LogP contribution >= 0.6 is 27.7 Å². The zero-order chi connectivity index (χ0) is 11.4. The van der Waals surface area contributed by atoms with Crippen molar-refractivity contribution in [3.8, 4) is 0 Å². The number of hydrazine groups is 1. The normalized spacial score (nSPS) is 10.1. The Balaban J connectivity index is 2.24. The lowest BCUT2D eigenvalue weighted by Gasteiger charge is -2.04. The van der Waals surface area contributed by atoms with E-state index in [-0.39, 0.29) is 0 Å². The zero-order valence-electron chi connectivity index (χ0n) is 8.35. The maximum atomic E-state index is 5.31. The number of hydrogen-bond donors (Lipinski definition) is 2. The summed E-state index contributed by atoms with van der Waals surface area (Å²) in [5, 5.41) is 0.905. The summed E-state index contributed by atoms with van der Waals surface area (Å²) >= 11 is 5.09. The molecule has 16 heavy (non-hydrogen) atoms. The highest BCUT2D eigenvalue weighted by Gasteiger charge is 2.02. The van der Waals surface area contributed by atoms with Gasteiger partial charge in [-0.2, -0.15) is 0 Å². The van der Waals surface area contributed by atoms with Crippen molar-refractivity contribution in [3.05, 3.63) is 46.9 Å². The number of benzene rings is 1. The van der Waals surface area contributed by atoms with E-state index >= 15 is 0 Å². The summed E-state index contributed by atoms with van der Waals surface area (Å²) in [6.07, 6.45) is 0. The highest BCUT2D eigenvalue weighted by molar-refractivity contribution is 9.10. The van der Waals surface area contributed by atoms with E-state index in [0.717, 1.165) is 14.4 Å². The number of nitrogens with zero attached hydrogens (tertiary/aromatic N) is 1. The van der Waals surface area contributed by atoms with Crippen molar-refractivity contribution >= 4 is 33.5 Å². The van der Waals surface area contributed by atoms with Crippen LogP contribution in [0.3, 0.4) is 0 Å². The van der Waals surface area contributed by atoms with Gasteiger partial charge in [-0.1, -0.05) is 30.0 Å². The first kappa shape index (κ1) is 11.4. The Kier molecular flexibility index (Phi) is 3.82. The standard InChI is InChI=1S/C11H10BrN3S/c12-8-4-1-2-5-9(8)16-11-7-3-6-10(14-11)15-13/h1-7H,13H2,(H,14,15). The minimum absolute atomic E-state index is 0.664. The second kappa shape index (κ2) is 5.34. The number of nitrogens with two attached hydrogens (primary N) is 1. The fourth-order valence-corrected chi connectivity index (χ4v) is 2.55. The topological polar surface area (TPSA) is 50.9 Å². The summed E-state index contributed by atoms with van der Waals surface area (Å²) in [5.41, 5.74) is 2.53. The highest BCUT2D eigenvalue weighted by atomic mass is 79.9. The Labute approximate surface area is 107 Å². The highest BCUT2D eigenvalue weighted by Crippen LogP contribution is 2.32. The van der Waals surface area contributed by atoms with Gasteiger partial charge in [-0.15, -0.1) is 0 Å². The summed E-state index contributed by atoms with van der Waals surface area (Å²) in [6, 6.07) is 13.7. The van der Waals surface area contributed by atoms with Crippen LogP contribution in [0.5, 0.6) is 0 Å². The largest absolute Gasteiger partial charge is 0.308 e. The van der Waals surface area contributed by atoms with Crippen LogP contribution in [-0.4, -0.2) is 4.98 Å². The molecule has 0 aliphatic heterocycles. The third kappa shape index (κ3) is 2.75. The number of nitrogen functional groups attached to an aromatic ring is 1. The van der Waals surface area contributed by atoms with Crippen LogP contribution in [0.4, 0.5) is 5.82 Å². The van der Waals surface area contributed by atoms with Gasteiger partial charge in [0.1, 0.15) is 10.8 Å². The van der Waals surface area contributed by atoms with Gasteiger partial charge in [0.25, 0.3) is 0 Å². The van der Waals surface area contributed by atoms with Crippen molar-refractivity contribution in [1.82, 2.24) is 4.98 Å². The fraction of sp³-hybridized carbons (Fsp3) is 0. The van der Waals surface area contributed by atoms with Gasteiger partial charge in [-0.25, -0.2) is 10.8 Å². The third-order valence-corrected chi connectivity index (χ3v) is 3.89. The molecule has 0 aliphatic rings. The van der Waals surface area contributed by atoms with E-state index in [0.29, 0.717) is 5.82 Å². The summed E-state index contributed by atoms with van der Waals surface area (Å²) in [7, 11) is 0. The molecule has 2 aromatic rings. The number of halogens is 1. The second-order valence-electron chi connectivity index (χ2n) is 3.04. The van der Waals surface area contributed by atoms with E-state index in [1.54, 1.807) is 11.8 Å². The Hall–Kier alpha value is -1.04. The number of aromatic nitrogens is 1. The number of nitrogens with one attached hydrogen (secondary N) is 1. The van der Waals surface area contributed by atoms with Crippen LogP contribution in [0.2, 0.25) is 0 Å². The maximum Gasteiger partial charge on any atom is 0.141 e. The van der Waals surface area contributed by atoms with E-state index in [4.69, 9.17) is 5.84 Å². The molecule has 1 heterocycles. The van der Waals surface area contributed by atoms with E-state index < -0.39 is 0 Å². The predicted octanol–water partition coefficient (Wildman–Crippen LogP) is 3.28. The Morgan fingerprint density at radius 2 is 1.94 bits per heavy atom. The Morgan fingerprint density at radius 3 is 2.69 bits per heavy atom. The predicted molar refractivity (Wildman–Crippen MR) is 70.3 cm³/mol. The van der Waals surface area contributed by atoms with Gasteiger partial charge in [0.15, 0.2) is 0 Å². The zero-order valence-corrected chi connectivity index (χ0v) is 10.8. The van der Waals surface area contributed by atoms with Crippen LogP contribution in [-0.2, 0) is 0 Å². The lowest BCUT2D eigenvalue weighted by atomic mass is 10.4. The molecule has 2 rings (SSSR count). The number of anilines is 1. The van der Waals surface area contributed by atoms with Gasteiger partial charge < -0.3 is 5.43 Å². The average molecular weight is 296 g/mol. The number of hydrogen-bond acceptors (Lipinski definition) is 4. The maximum absolute atomic E-state index is 5.31. The van der Waals surface area contributed by atoms with Crippen molar-refractivity contribution in [1.29, 1.82) is 0 Å². The van der Waals surface area contributed by atoms with E-state index in [1.165, 1.54) is 0 Å². The first-order valence-electron chi connectivity index (χ1n) is 4.65. The first-order chi connectivity index (χ1) is 7.79. The molecular formula is C11H10BrN3S. The number of rotatable bonds is 3. The fourth-order valence-electron chi connectivity index (χ4n) is 1.19. The molecule has 5 heteroatoms. The molecule has 3 nitrogen and oxygen atoms in total. The minimum atomic E-state index is 0.664. The summed E-state index contributed by atoms with van der Waals surface area (Å²) in [5.74, 6) is 5.97. The van der Waals surface area contributed by atoms with Gasteiger partial charge in [-0.3, -0.25) is 0 Å². The molecule has 1 aromatic heterocycles. The molecule has 0 aliphatic carbocycles. The quantitative estimate of drug-likeness (QED) is 0.674. The molecule has 0 saturated heterocycles. The van der Waals surface area contributed by atoms with Gasteiger partial charge in [-0.05, 0) is 40.2 Å². The Bertz CT molecular complexity index is 490. The monoisotopic (exact) mass is 295 g/mol. The van der Waals surface area contributed by atoms with Gasteiger partial charge in [0, 0.05) is 9.37 Å². The lowest BCUT2D eigenvalue weighted by molar-refractivity contribution is 1.10. The van der Waals surface area contributed by atoms with Crippen LogP contribution in [0.1, 0.15) is 0 Å². The molecule has 0 saturated carbocycles. The van der Waals surface area contributed by atoms with E-state index in [1.807, 2.05) is 42.5 Å². The molecular weight excluding hydrogens is 286 g/mol. The van der Waals surface area contributed by atoms with Crippen molar-refractivity contribution in [2.75, 3.05) is 5.43 Å². The Morgan fingerprint density at radius 1 is 1.12 bits per heavy atom. The smallest absolute Gasteiger partial charge is 0.141 e. The van der Waals surface area contributed by atoms with Crippen LogP contribution < -0.4 is 11.3 Å². The van der Waals surface area contributed by atoms with Crippen molar-refractivity contribution in [2.24, 2.45) is 5.84 Å². The first-order valence-corrected chi connectivity index (χ1v) is 6.26. The van der Waals surface area contributed by atoms with Crippen LogP contribution in [0.25, 0.3) is 0 Å². The van der Waals surface area contributed by atoms with Gasteiger partial charge >= 0.3 is 0 Å². The summed E-state index contributed by atoms with van der Waals surface area (Å²) < 4.78 is 1.06. The SMILES string of the molecule is NNc1cccc(Sc2ccccc2Br)n1. The van der Waals surface area contributed by atoms with Crippen LogP contribution in [0.15, 0.2) is 56.9 Å². The number of pyridine rings is 1. The minimum Gasteiger partial charge on any atom is -0.308 e. The molecule has 82 valence electrons. The molecule has 0 radical (unpaired) electrons. The molecule has 3 N–H and O–H groups in total. The molecule has 1 aromatic carbocycles. The third-order valence-electron chi connectivity index (χ3n) is 1.92.